The topological polar surface area (TPSA) is 68.2 Å². The van der Waals surface area contributed by atoms with Crippen molar-refractivity contribution < 1.29 is 23.7 Å². The van der Waals surface area contributed by atoms with E-state index in [1.54, 1.807) is 37.0 Å². The van der Waals surface area contributed by atoms with Crippen LogP contribution in [0.15, 0.2) is 35.1 Å². The highest BCUT2D eigenvalue weighted by atomic mass is 16.7. The Morgan fingerprint density at radius 2 is 1.62 bits per heavy atom. The SMILES string of the molecule is COc1cc2cc3n(c(=O)c2cc1OC)COc1cc2c(cc1-3)OCO2. The number of pyridine rings is 1. The number of aromatic nitrogens is 1. The van der Waals surface area contributed by atoms with Crippen molar-refractivity contribution in [2.75, 3.05) is 21.0 Å². The number of nitrogens with zero attached hydrogens (tertiary/aromatic N) is 1. The number of hydrogen-bond acceptors (Lipinski definition) is 6. The Morgan fingerprint density at radius 1 is 0.885 bits per heavy atom. The maximum atomic E-state index is 13.0. The second kappa shape index (κ2) is 5.32. The minimum absolute atomic E-state index is 0.130. The van der Waals surface area contributed by atoms with Crippen LogP contribution in [-0.4, -0.2) is 25.6 Å². The molecule has 0 fully saturated rings. The third kappa shape index (κ3) is 1.97. The van der Waals surface area contributed by atoms with Crippen LogP contribution >= 0.6 is 0 Å². The van der Waals surface area contributed by atoms with Gasteiger partial charge in [-0.15, -0.1) is 0 Å². The van der Waals surface area contributed by atoms with Gasteiger partial charge in [0, 0.05) is 11.6 Å². The van der Waals surface area contributed by atoms with Crippen molar-refractivity contribution >= 4 is 10.8 Å². The van der Waals surface area contributed by atoms with Crippen LogP contribution in [0, 0.1) is 0 Å². The van der Waals surface area contributed by atoms with Gasteiger partial charge in [-0.2, -0.15) is 0 Å². The van der Waals surface area contributed by atoms with Gasteiger partial charge in [-0.25, -0.2) is 0 Å². The first kappa shape index (κ1) is 14.9. The van der Waals surface area contributed by atoms with Gasteiger partial charge in [0.1, 0.15) is 5.75 Å². The molecule has 3 heterocycles. The van der Waals surface area contributed by atoms with Gasteiger partial charge in [-0.1, -0.05) is 0 Å². The second-order valence-electron chi connectivity index (χ2n) is 6.03. The van der Waals surface area contributed by atoms with Gasteiger partial charge >= 0.3 is 0 Å². The van der Waals surface area contributed by atoms with E-state index in [9.17, 15) is 4.79 Å². The fraction of sp³-hybridized carbons (Fsp3) is 0.211. The average molecular weight is 353 g/mol. The zero-order valence-electron chi connectivity index (χ0n) is 14.2. The van der Waals surface area contributed by atoms with Crippen LogP contribution in [0.25, 0.3) is 22.0 Å². The number of hydrogen-bond donors (Lipinski definition) is 0. The Kier molecular flexibility index (Phi) is 3.06. The van der Waals surface area contributed by atoms with Crippen molar-refractivity contribution in [3.63, 3.8) is 0 Å². The van der Waals surface area contributed by atoms with Crippen LogP contribution in [0.5, 0.6) is 28.7 Å². The molecule has 0 N–H and O–H groups in total. The normalized spacial score (nSPS) is 13.8. The summed E-state index contributed by atoms with van der Waals surface area (Å²) in [6.07, 6.45) is 0. The van der Waals surface area contributed by atoms with E-state index < -0.39 is 0 Å². The Labute approximate surface area is 148 Å². The lowest BCUT2D eigenvalue weighted by molar-refractivity contribution is 0.173. The number of benzene rings is 2. The summed E-state index contributed by atoms with van der Waals surface area (Å²) < 4.78 is 28.9. The molecule has 0 spiro atoms. The summed E-state index contributed by atoms with van der Waals surface area (Å²) >= 11 is 0. The molecule has 132 valence electrons. The van der Waals surface area contributed by atoms with Crippen LogP contribution in [0.3, 0.4) is 0 Å². The summed E-state index contributed by atoms with van der Waals surface area (Å²) in [7, 11) is 3.11. The molecule has 2 aliphatic heterocycles. The van der Waals surface area contributed by atoms with E-state index in [2.05, 4.69) is 0 Å². The van der Waals surface area contributed by atoms with Crippen molar-refractivity contribution in [2.24, 2.45) is 0 Å². The largest absolute Gasteiger partial charge is 0.493 e. The predicted octanol–water partition coefficient (Wildman–Crippen LogP) is 2.76. The van der Waals surface area contributed by atoms with E-state index in [1.165, 1.54) is 0 Å². The first-order chi connectivity index (χ1) is 12.7. The Bertz CT molecular complexity index is 1120. The molecule has 2 aliphatic rings. The van der Waals surface area contributed by atoms with Crippen LogP contribution in [0.1, 0.15) is 0 Å². The third-order valence-electron chi connectivity index (χ3n) is 4.71. The van der Waals surface area contributed by atoms with Crippen LogP contribution in [0.2, 0.25) is 0 Å². The standard InChI is InChI=1S/C19H15NO6/c1-22-15-4-10-3-13-12-6-17-18(26-9-25-17)7-14(12)24-8-20(13)19(21)11(10)5-16(15)23-2/h3-7H,8-9H2,1-2H3. The molecule has 7 heteroatoms. The number of ether oxygens (including phenoxy) is 5. The second-order valence-corrected chi connectivity index (χ2v) is 6.03. The first-order valence-electron chi connectivity index (χ1n) is 8.06. The van der Waals surface area contributed by atoms with Crippen molar-refractivity contribution in [1.29, 1.82) is 0 Å². The van der Waals surface area contributed by atoms with Crippen molar-refractivity contribution in [3.05, 3.63) is 40.7 Å². The van der Waals surface area contributed by atoms with Gasteiger partial charge in [0.05, 0.1) is 25.3 Å². The predicted molar refractivity (Wildman–Crippen MR) is 93.5 cm³/mol. The lowest BCUT2D eigenvalue weighted by Gasteiger charge is -2.23. The lowest BCUT2D eigenvalue weighted by Crippen LogP contribution is -2.27. The number of rotatable bonds is 2. The van der Waals surface area contributed by atoms with Gasteiger partial charge in [-0.3, -0.25) is 9.36 Å². The smallest absolute Gasteiger partial charge is 0.261 e. The summed E-state index contributed by atoms with van der Waals surface area (Å²) in [6.45, 7) is 0.310. The molecule has 0 aliphatic carbocycles. The fourth-order valence-corrected chi connectivity index (χ4v) is 3.41. The summed E-state index contributed by atoms with van der Waals surface area (Å²) in [5, 5.41) is 1.31. The van der Waals surface area contributed by atoms with Crippen molar-refractivity contribution in [2.45, 2.75) is 6.73 Å². The summed E-state index contributed by atoms with van der Waals surface area (Å²) in [4.78, 5) is 13.0. The minimum Gasteiger partial charge on any atom is -0.493 e. The number of methoxy groups -OCH3 is 2. The fourth-order valence-electron chi connectivity index (χ4n) is 3.41. The van der Waals surface area contributed by atoms with E-state index in [0.717, 1.165) is 16.6 Å². The maximum absolute atomic E-state index is 13.0. The first-order valence-corrected chi connectivity index (χ1v) is 8.06. The summed E-state index contributed by atoms with van der Waals surface area (Å²) in [5.41, 5.74) is 1.39. The van der Waals surface area contributed by atoms with Gasteiger partial charge in [0.25, 0.3) is 5.56 Å². The molecule has 0 unspecified atom stereocenters. The third-order valence-corrected chi connectivity index (χ3v) is 4.71. The Hall–Kier alpha value is -3.35. The molecule has 0 amide bonds. The molecule has 2 aromatic carbocycles. The lowest BCUT2D eigenvalue weighted by atomic mass is 10.0. The highest BCUT2D eigenvalue weighted by Gasteiger charge is 2.25. The van der Waals surface area contributed by atoms with Gasteiger partial charge in [0.15, 0.2) is 29.7 Å². The molecule has 7 nitrogen and oxygen atoms in total. The monoisotopic (exact) mass is 353 g/mol. The van der Waals surface area contributed by atoms with E-state index in [0.29, 0.717) is 34.1 Å². The highest BCUT2D eigenvalue weighted by Crippen LogP contribution is 2.44. The van der Waals surface area contributed by atoms with Gasteiger partial charge in [-0.05, 0) is 29.7 Å². The molecule has 1 aromatic heterocycles. The van der Waals surface area contributed by atoms with E-state index >= 15 is 0 Å². The highest BCUT2D eigenvalue weighted by molar-refractivity contribution is 5.89. The summed E-state index contributed by atoms with van der Waals surface area (Å²) in [6, 6.07) is 9.08. The molecule has 0 bridgehead atoms. The van der Waals surface area contributed by atoms with Crippen molar-refractivity contribution in [1.82, 2.24) is 4.57 Å². The molecule has 26 heavy (non-hydrogen) atoms. The van der Waals surface area contributed by atoms with E-state index in [-0.39, 0.29) is 19.1 Å². The van der Waals surface area contributed by atoms with E-state index in [1.807, 2.05) is 12.1 Å². The molecule has 3 aromatic rings. The number of fused-ring (bicyclic) bond motifs is 5. The maximum Gasteiger partial charge on any atom is 0.261 e. The molecule has 0 radical (unpaired) electrons. The zero-order valence-corrected chi connectivity index (χ0v) is 14.2. The van der Waals surface area contributed by atoms with Crippen molar-refractivity contribution in [3.8, 4) is 40.0 Å². The van der Waals surface area contributed by atoms with Gasteiger partial charge in [0.2, 0.25) is 6.79 Å². The molecular formula is C19H15NO6. The molecule has 0 atom stereocenters. The molecule has 5 rings (SSSR count). The quantitative estimate of drug-likeness (QED) is 0.706. The average Bonchev–Trinajstić information content (AvgIpc) is 3.13. The zero-order chi connectivity index (χ0) is 17.8. The van der Waals surface area contributed by atoms with E-state index in [4.69, 9.17) is 23.7 Å². The molecular weight excluding hydrogens is 338 g/mol. The molecule has 0 saturated heterocycles. The Morgan fingerprint density at radius 3 is 2.38 bits per heavy atom. The van der Waals surface area contributed by atoms with Crippen LogP contribution < -0.4 is 29.2 Å². The summed E-state index contributed by atoms with van der Waals surface area (Å²) in [5.74, 6) is 3.03. The molecule has 0 saturated carbocycles. The minimum atomic E-state index is -0.151. The van der Waals surface area contributed by atoms with Crippen LogP contribution in [-0.2, 0) is 6.73 Å². The Balaban J connectivity index is 1.80. The van der Waals surface area contributed by atoms with Crippen LogP contribution in [0.4, 0.5) is 0 Å². The van der Waals surface area contributed by atoms with Gasteiger partial charge < -0.3 is 23.7 Å².